The Morgan fingerprint density at radius 3 is 2.82 bits per heavy atom. The molecule has 1 aromatic carbocycles. The van der Waals surface area contributed by atoms with Gasteiger partial charge in [-0.2, -0.15) is 5.10 Å². The van der Waals surface area contributed by atoms with Crippen LogP contribution < -0.4 is 19.7 Å². The highest BCUT2D eigenvalue weighted by Gasteiger charge is 2.27. The van der Waals surface area contributed by atoms with Gasteiger partial charge < -0.3 is 19.7 Å². The van der Waals surface area contributed by atoms with E-state index in [4.69, 9.17) is 19.4 Å². The van der Waals surface area contributed by atoms with Crippen LogP contribution in [0.4, 0.5) is 5.82 Å². The van der Waals surface area contributed by atoms with Crippen LogP contribution in [0.5, 0.6) is 11.5 Å². The maximum atomic E-state index is 12.6. The molecule has 0 radical (unpaired) electrons. The van der Waals surface area contributed by atoms with Crippen molar-refractivity contribution >= 4 is 34.5 Å². The molecule has 2 aliphatic heterocycles. The van der Waals surface area contributed by atoms with Crippen molar-refractivity contribution in [3.8, 4) is 11.5 Å². The lowest BCUT2D eigenvalue weighted by Gasteiger charge is -2.28. The molecule has 0 bridgehead atoms. The zero-order valence-electron chi connectivity index (χ0n) is 18.7. The first kappa shape index (κ1) is 21.8. The van der Waals surface area contributed by atoms with Crippen LogP contribution >= 0.6 is 11.8 Å². The van der Waals surface area contributed by atoms with Crippen molar-refractivity contribution in [3.05, 3.63) is 30.5 Å². The lowest BCUT2D eigenvalue weighted by molar-refractivity contribution is -0.130. The monoisotopic (exact) mass is 468 g/mol. The lowest BCUT2D eigenvalue weighted by atomic mass is 10.1. The normalized spacial score (nSPS) is 17.8. The second-order valence-corrected chi connectivity index (χ2v) is 9.30. The van der Waals surface area contributed by atoms with E-state index in [9.17, 15) is 4.79 Å². The molecule has 5 rings (SSSR count). The van der Waals surface area contributed by atoms with E-state index in [0.717, 1.165) is 40.9 Å². The SMILES string of the molecule is CCSc1nc(N2CCCCC2)c2cnn(CCNC(=O)C3COc4ccccc4O3)c2n1. The van der Waals surface area contributed by atoms with Gasteiger partial charge in [0.25, 0.3) is 5.91 Å². The van der Waals surface area contributed by atoms with E-state index in [0.29, 0.717) is 24.6 Å². The first-order valence-electron chi connectivity index (χ1n) is 11.5. The van der Waals surface area contributed by atoms with E-state index in [1.54, 1.807) is 17.8 Å². The van der Waals surface area contributed by atoms with Gasteiger partial charge in [0.1, 0.15) is 12.4 Å². The first-order chi connectivity index (χ1) is 16.2. The molecule has 1 saturated heterocycles. The lowest BCUT2D eigenvalue weighted by Crippen LogP contribution is -2.44. The molecule has 1 N–H and O–H groups in total. The zero-order chi connectivity index (χ0) is 22.6. The number of carbonyl (C=O) groups excluding carboxylic acids is 1. The number of carbonyl (C=O) groups is 1. The Balaban J connectivity index is 1.27. The predicted molar refractivity (Wildman–Crippen MR) is 127 cm³/mol. The van der Waals surface area contributed by atoms with Crippen LogP contribution in [0.15, 0.2) is 35.6 Å². The molecule has 0 aliphatic carbocycles. The van der Waals surface area contributed by atoms with Crippen LogP contribution in [0.1, 0.15) is 26.2 Å². The van der Waals surface area contributed by atoms with Crippen LogP contribution in [0, 0.1) is 0 Å². The first-order valence-corrected chi connectivity index (χ1v) is 12.5. The van der Waals surface area contributed by atoms with E-state index in [2.05, 4.69) is 22.2 Å². The summed E-state index contributed by atoms with van der Waals surface area (Å²) in [7, 11) is 0. The minimum atomic E-state index is -0.671. The van der Waals surface area contributed by atoms with Crippen molar-refractivity contribution in [1.82, 2.24) is 25.1 Å². The van der Waals surface area contributed by atoms with Crippen LogP contribution in [0.25, 0.3) is 11.0 Å². The average molecular weight is 469 g/mol. The second kappa shape index (κ2) is 9.86. The van der Waals surface area contributed by atoms with Crippen molar-refractivity contribution in [2.45, 2.75) is 44.0 Å². The number of hydrogen-bond acceptors (Lipinski definition) is 8. The van der Waals surface area contributed by atoms with E-state index in [-0.39, 0.29) is 12.5 Å². The molecule has 9 nitrogen and oxygen atoms in total. The number of nitrogens with zero attached hydrogens (tertiary/aromatic N) is 5. The second-order valence-electron chi connectivity index (χ2n) is 8.07. The third-order valence-corrected chi connectivity index (χ3v) is 6.54. The molecule has 1 atom stereocenters. The Morgan fingerprint density at radius 2 is 2.00 bits per heavy atom. The highest BCUT2D eigenvalue weighted by atomic mass is 32.2. The molecule has 3 aromatic rings. The molecule has 1 fully saturated rings. The number of para-hydroxylation sites is 2. The van der Waals surface area contributed by atoms with Gasteiger partial charge in [0, 0.05) is 19.6 Å². The summed E-state index contributed by atoms with van der Waals surface area (Å²) in [5, 5.41) is 9.23. The van der Waals surface area contributed by atoms with Crippen molar-refractivity contribution in [1.29, 1.82) is 0 Å². The van der Waals surface area contributed by atoms with E-state index >= 15 is 0 Å². The smallest absolute Gasteiger partial charge is 0.264 e. The van der Waals surface area contributed by atoms with Gasteiger partial charge in [0.15, 0.2) is 22.3 Å². The fourth-order valence-electron chi connectivity index (χ4n) is 4.17. The van der Waals surface area contributed by atoms with E-state index in [1.807, 2.05) is 29.1 Å². The van der Waals surface area contributed by atoms with Gasteiger partial charge in [-0.15, -0.1) is 0 Å². The van der Waals surface area contributed by atoms with Gasteiger partial charge in [0.05, 0.1) is 18.1 Å². The Kier molecular flexibility index (Phi) is 6.52. The van der Waals surface area contributed by atoms with E-state index < -0.39 is 6.10 Å². The van der Waals surface area contributed by atoms with Crippen molar-refractivity contribution in [2.24, 2.45) is 0 Å². The molecular weight excluding hydrogens is 440 g/mol. The molecule has 10 heteroatoms. The number of rotatable bonds is 7. The molecule has 1 unspecified atom stereocenters. The largest absolute Gasteiger partial charge is 0.485 e. The molecule has 33 heavy (non-hydrogen) atoms. The van der Waals surface area contributed by atoms with Crippen LogP contribution in [0.2, 0.25) is 0 Å². The average Bonchev–Trinajstić information content (AvgIpc) is 3.26. The van der Waals surface area contributed by atoms with Crippen molar-refractivity contribution < 1.29 is 14.3 Å². The van der Waals surface area contributed by atoms with E-state index in [1.165, 1.54) is 19.3 Å². The maximum absolute atomic E-state index is 12.6. The number of amides is 1. The summed E-state index contributed by atoms with van der Waals surface area (Å²) >= 11 is 1.63. The number of benzene rings is 1. The third kappa shape index (κ3) is 4.71. The minimum Gasteiger partial charge on any atom is -0.485 e. The highest BCUT2D eigenvalue weighted by molar-refractivity contribution is 7.99. The Morgan fingerprint density at radius 1 is 1.18 bits per heavy atom. The number of nitrogens with one attached hydrogen (secondary N) is 1. The van der Waals surface area contributed by atoms with Gasteiger partial charge in [0.2, 0.25) is 6.10 Å². The molecule has 0 saturated carbocycles. The summed E-state index contributed by atoms with van der Waals surface area (Å²) in [6.07, 6.45) is 4.80. The van der Waals surface area contributed by atoms with Gasteiger partial charge in [-0.3, -0.25) is 4.79 Å². The molecule has 174 valence electrons. The zero-order valence-corrected chi connectivity index (χ0v) is 19.5. The maximum Gasteiger partial charge on any atom is 0.264 e. The molecule has 2 aromatic heterocycles. The number of aromatic nitrogens is 4. The minimum absolute atomic E-state index is 0.192. The molecule has 1 amide bonds. The number of anilines is 1. The molecule has 2 aliphatic rings. The number of fused-ring (bicyclic) bond motifs is 2. The number of piperidine rings is 1. The topological polar surface area (TPSA) is 94.4 Å². The Bertz CT molecular complexity index is 1130. The molecule has 0 spiro atoms. The van der Waals surface area contributed by atoms with Crippen LogP contribution in [0.3, 0.4) is 0 Å². The summed E-state index contributed by atoms with van der Waals surface area (Å²) < 4.78 is 13.3. The van der Waals surface area contributed by atoms with Crippen LogP contribution in [-0.2, 0) is 11.3 Å². The summed E-state index contributed by atoms with van der Waals surface area (Å²) in [5.41, 5.74) is 0.807. The van der Waals surface area contributed by atoms with Gasteiger partial charge in [-0.25, -0.2) is 14.6 Å². The highest BCUT2D eigenvalue weighted by Crippen LogP contribution is 2.31. The van der Waals surface area contributed by atoms with Gasteiger partial charge in [-0.1, -0.05) is 30.8 Å². The number of ether oxygens (including phenoxy) is 2. The third-order valence-electron chi connectivity index (χ3n) is 5.81. The number of hydrogen-bond donors (Lipinski definition) is 1. The molecule has 4 heterocycles. The van der Waals surface area contributed by atoms with Crippen molar-refractivity contribution in [2.75, 3.05) is 36.9 Å². The van der Waals surface area contributed by atoms with Gasteiger partial charge in [-0.05, 0) is 37.1 Å². The Hall–Kier alpha value is -3.01. The summed E-state index contributed by atoms with van der Waals surface area (Å²) in [6, 6.07) is 7.37. The van der Waals surface area contributed by atoms with Gasteiger partial charge >= 0.3 is 0 Å². The summed E-state index contributed by atoms with van der Waals surface area (Å²) in [5.74, 6) is 2.92. The fourth-order valence-corrected chi connectivity index (χ4v) is 4.73. The molecular formula is C23H28N6O3S. The Labute approximate surface area is 196 Å². The summed E-state index contributed by atoms with van der Waals surface area (Å²) in [6.45, 7) is 5.23. The predicted octanol–water partition coefficient (Wildman–Crippen LogP) is 2.88. The van der Waals surface area contributed by atoms with Crippen LogP contribution in [-0.4, -0.2) is 63.8 Å². The number of thioether (sulfide) groups is 1. The summed E-state index contributed by atoms with van der Waals surface area (Å²) in [4.78, 5) is 24.6. The standard InChI is InChI=1S/C23H28N6O3S/c1-2-33-23-26-20(28-11-6-3-7-12-28)16-14-25-29(21(16)27-23)13-10-24-22(30)19-15-31-17-8-4-5-9-18(17)32-19/h4-5,8-9,14,19H,2-3,6-7,10-13,15H2,1H3,(H,24,30). The fraction of sp³-hybridized carbons (Fsp3) is 0.478. The quantitative estimate of drug-likeness (QED) is 0.418. The van der Waals surface area contributed by atoms with Crippen molar-refractivity contribution in [3.63, 3.8) is 0 Å².